The first kappa shape index (κ1) is 10.6. The minimum absolute atomic E-state index is 0.0476. The maximum absolute atomic E-state index is 13.2. The van der Waals surface area contributed by atoms with Gasteiger partial charge in [-0.25, -0.2) is 4.79 Å². The van der Waals surface area contributed by atoms with Gasteiger partial charge in [-0.1, -0.05) is 0 Å². The monoisotopic (exact) mass is 240 g/mol. The molecule has 2 fully saturated rings. The van der Waals surface area contributed by atoms with Crippen molar-refractivity contribution >= 4 is 0 Å². The van der Waals surface area contributed by atoms with E-state index in [1.165, 1.54) is 0 Å². The number of hydrogen-bond donors (Lipinski definition) is 2. The van der Waals surface area contributed by atoms with Crippen molar-refractivity contribution in [1.29, 1.82) is 0 Å². The number of H-pyrrole nitrogens is 1. The van der Waals surface area contributed by atoms with Gasteiger partial charge in [-0.15, -0.1) is 0 Å². The second-order valence-electron chi connectivity index (χ2n) is 5.12. The molecule has 2 N–H and O–H groups in total. The molecule has 92 valence electrons. The summed E-state index contributed by atoms with van der Waals surface area (Å²) in [5.41, 5.74) is -1.85. The largest absolute Gasteiger partial charge is 0.492 e. The fraction of sp³-hybridized carbons (Fsp3) is 0.636. The number of aromatic amines is 1. The molecule has 0 bridgehead atoms. The van der Waals surface area contributed by atoms with Crippen molar-refractivity contribution in [3.8, 4) is 5.88 Å². The Morgan fingerprint density at radius 1 is 1.41 bits per heavy atom. The number of aromatic nitrogens is 2. The number of hydrogen-bond acceptors (Lipinski definition) is 3. The SMILES string of the molecule is O=c1[nH]c(=O)n(CC2(C3CC3)CC2)c(O)c1F. The molecule has 1 heterocycles. The van der Waals surface area contributed by atoms with E-state index >= 15 is 0 Å². The van der Waals surface area contributed by atoms with Crippen LogP contribution in [0, 0.1) is 17.2 Å². The molecule has 2 aliphatic carbocycles. The van der Waals surface area contributed by atoms with Crippen LogP contribution in [-0.2, 0) is 6.54 Å². The summed E-state index contributed by atoms with van der Waals surface area (Å²) < 4.78 is 14.2. The Balaban J connectivity index is 2.01. The van der Waals surface area contributed by atoms with Gasteiger partial charge in [0.25, 0.3) is 5.56 Å². The Kier molecular flexibility index (Phi) is 1.99. The molecule has 2 aliphatic rings. The second kappa shape index (κ2) is 3.21. The summed E-state index contributed by atoms with van der Waals surface area (Å²) in [5.74, 6) is -1.54. The molecule has 0 amide bonds. The summed E-state index contributed by atoms with van der Waals surface area (Å²) >= 11 is 0. The third-order valence-corrected chi connectivity index (χ3v) is 3.93. The lowest BCUT2D eigenvalue weighted by Gasteiger charge is -2.16. The van der Waals surface area contributed by atoms with Crippen molar-refractivity contribution in [3.05, 3.63) is 26.7 Å². The van der Waals surface area contributed by atoms with Crippen LogP contribution in [0.3, 0.4) is 0 Å². The average Bonchev–Trinajstić information content (AvgIpc) is 3.13. The fourth-order valence-electron chi connectivity index (χ4n) is 2.55. The summed E-state index contributed by atoms with van der Waals surface area (Å²) in [4.78, 5) is 24.4. The van der Waals surface area contributed by atoms with E-state index in [2.05, 4.69) is 0 Å². The van der Waals surface area contributed by atoms with Gasteiger partial charge in [-0.2, -0.15) is 4.39 Å². The van der Waals surface area contributed by atoms with Gasteiger partial charge in [-0.3, -0.25) is 14.3 Å². The normalized spacial score (nSPS) is 21.5. The lowest BCUT2D eigenvalue weighted by atomic mass is 10.0. The Morgan fingerprint density at radius 3 is 2.59 bits per heavy atom. The Morgan fingerprint density at radius 2 is 2.06 bits per heavy atom. The first-order valence-corrected chi connectivity index (χ1v) is 5.75. The summed E-state index contributed by atoms with van der Waals surface area (Å²) in [6.07, 6.45) is 4.29. The van der Waals surface area contributed by atoms with E-state index in [9.17, 15) is 19.1 Å². The summed E-state index contributed by atoms with van der Waals surface area (Å²) in [5, 5.41) is 9.52. The smallest absolute Gasteiger partial charge is 0.331 e. The number of halogens is 1. The molecule has 6 heteroatoms. The molecular weight excluding hydrogens is 227 g/mol. The van der Waals surface area contributed by atoms with Crippen LogP contribution in [-0.4, -0.2) is 14.7 Å². The van der Waals surface area contributed by atoms with Crippen molar-refractivity contribution in [2.45, 2.75) is 32.2 Å². The number of nitrogens with one attached hydrogen (secondary N) is 1. The molecule has 0 spiro atoms. The van der Waals surface area contributed by atoms with Gasteiger partial charge >= 0.3 is 5.69 Å². The molecule has 0 aromatic carbocycles. The Bertz CT molecular complexity index is 581. The molecule has 0 atom stereocenters. The maximum Gasteiger partial charge on any atom is 0.331 e. The van der Waals surface area contributed by atoms with E-state index < -0.39 is 22.9 Å². The minimum atomic E-state index is -1.28. The number of nitrogens with zero attached hydrogens (tertiary/aromatic N) is 1. The van der Waals surface area contributed by atoms with E-state index in [0.717, 1.165) is 30.3 Å². The van der Waals surface area contributed by atoms with Crippen LogP contribution >= 0.6 is 0 Å². The number of aromatic hydroxyl groups is 1. The number of rotatable bonds is 3. The molecule has 0 saturated heterocycles. The van der Waals surface area contributed by atoms with Gasteiger partial charge in [0.05, 0.1) is 0 Å². The van der Waals surface area contributed by atoms with Crippen LogP contribution < -0.4 is 11.2 Å². The molecular formula is C11H13FN2O3. The molecule has 1 aromatic rings. The highest BCUT2D eigenvalue weighted by Gasteiger charge is 2.54. The van der Waals surface area contributed by atoms with E-state index in [1.54, 1.807) is 0 Å². The maximum atomic E-state index is 13.2. The predicted molar refractivity (Wildman–Crippen MR) is 57.3 cm³/mol. The third kappa shape index (κ3) is 1.59. The van der Waals surface area contributed by atoms with Gasteiger partial charge in [0, 0.05) is 6.54 Å². The van der Waals surface area contributed by atoms with Crippen LogP contribution in [0.1, 0.15) is 25.7 Å². The first-order valence-electron chi connectivity index (χ1n) is 5.75. The van der Waals surface area contributed by atoms with Gasteiger partial charge in [0.15, 0.2) is 0 Å². The fourth-order valence-corrected chi connectivity index (χ4v) is 2.55. The zero-order valence-corrected chi connectivity index (χ0v) is 9.20. The standard InChI is InChI=1S/C11H13FN2O3/c12-7-8(15)13-10(17)14(9(7)16)5-11(3-4-11)6-1-2-6/h6,16H,1-5H2,(H,13,15,17). The average molecular weight is 240 g/mol. The van der Waals surface area contributed by atoms with E-state index in [1.807, 2.05) is 4.98 Å². The predicted octanol–water partition coefficient (Wildman–Crippen LogP) is 0.571. The van der Waals surface area contributed by atoms with Crippen molar-refractivity contribution in [1.82, 2.24) is 9.55 Å². The van der Waals surface area contributed by atoms with Crippen molar-refractivity contribution in [2.75, 3.05) is 0 Å². The molecule has 0 aliphatic heterocycles. The highest BCUT2D eigenvalue weighted by molar-refractivity contribution is 5.12. The zero-order valence-electron chi connectivity index (χ0n) is 9.20. The molecule has 5 nitrogen and oxygen atoms in total. The summed E-state index contributed by atoms with van der Waals surface area (Å²) in [6, 6.07) is 0. The molecule has 1 aromatic heterocycles. The minimum Gasteiger partial charge on any atom is -0.492 e. The molecule has 2 saturated carbocycles. The van der Waals surface area contributed by atoms with Gasteiger partial charge in [-0.05, 0) is 37.0 Å². The second-order valence-corrected chi connectivity index (χ2v) is 5.12. The van der Waals surface area contributed by atoms with E-state index in [0.29, 0.717) is 12.5 Å². The summed E-state index contributed by atoms with van der Waals surface area (Å²) in [7, 11) is 0. The van der Waals surface area contributed by atoms with Crippen molar-refractivity contribution in [3.63, 3.8) is 0 Å². The van der Waals surface area contributed by atoms with Crippen LogP contribution in [0.4, 0.5) is 4.39 Å². The van der Waals surface area contributed by atoms with Gasteiger partial charge < -0.3 is 5.11 Å². The van der Waals surface area contributed by atoms with E-state index in [-0.39, 0.29) is 5.41 Å². The van der Waals surface area contributed by atoms with E-state index in [4.69, 9.17) is 0 Å². The quantitative estimate of drug-likeness (QED) is 0.811. The van der Waals surface area contributed by atoms with Crippen LogP contribution in [0.5, 0.6) is 5.88 Å². The highest BCUT2D eigenvalue weighted by atomic mass is 19.1. The molecule has 0 radical (unpaired) electrons. The Hall–Kier alpha value is -1.59. The van der Waals surface area contributed by atoms with Crippen LogP contribution in [0.2, 0.25) is 0 Å². The topological polar surface area (TPSA) is 75.1 Å². The van der Waals surface area contributed by atoms with Crippen molar-refractivity contribution < 1.29 is 9.50 Å². The van der Waals surface area contributed by atoms with Crippen LogP contribution in [0.25, 0.3) is 0 Å². The van der Waals surface area contributed by atoms with Crippen LogP contribution in [0.15, 0.2) is 9.59 Å². The third-order valence-electron chi connectivity index (χ3n) is 3.93. The lowest BCUT2D eigenvalue weighted by Crippen LogP contribution is -2.34. The zero-order chi connectivity index (χ0) is 12.2. The van der Waals surface area contributed by atoms with Gasteiger partial charge in [0.1, 0.15) is 0 Å². The summed E-state index contributed by atoms with van der Waals surface area (Å²) in [6.45, 7) is 0.302. The van der Waals surface area contributed by atoms with Crippen molar-refractivity contribution in [2.24, 2.45) is 11.3 Å². The van der Waals surface area contributed by atoms with Gasteiger partial charge in [0.2, 0.25) is 11.7 Å². The molecule has 0 unspecified atom stereocenters. The Labute approximate surface area is 95.9 Å². The molecule has 17 heavy (non-hydrogen) atoms. The highest BCUT2D eigenvalue weighted by Crippen LogP contribution is 2.62. The first-order chi connectivity index (χ1) is 8.03. The molecule has 3 rings (SSSR count). The lowest BCUT2D eigenvalue weighted by molar-refractivity contribution is 0.302.